The fourth-order valence-electron chi connectivity index (χ4n) is 3.80. The van der Waals surface area contributed by atoms with Crippen molar-refractivity contribution in [2.45, 2.75) is 26.3 Å². The molecule has 2 aromatic heterocycles. The van der Waals surface area contributed by atoms with Crippen molar-refractivity contribution in [2.24, 2.45) is 5.92 Å². The van der Waals surface area contributed by atoms with Crippen LogP contribution in [-0.4, -0.2) is 50.4 Å². The number of rotatable bonds is 5. The number of nitrogens with zero attached hydrogens (tertiary/aromatic N) is 5. The number of benzene rings is 1. The average molecular weight is 392 g/mol. The summed E-state index contributed by atoms with van der Waals surface area (Å²) in [4.78, 5) is 45.1. The Morgan fingerprint density at radius 1 is 1.24 bits per heavy atom. The van der Waals surface area contributed by atoms with Crippen molar-refractivity contribution in [1.82, 2.24) is 24.8 Å². The molecule has 1 aromatic carbocycles. The van der Waals surface area contributed by atoms with E-state index < -0.39 is 0 Å². The topological polar surface area (TPSA) is 95.1 Å². The highest BCUT2D eigenvalue weighted by Crippen LogP contribution is 2.23. The molecule has 0 spiro atoms. The second-order valence-electron chi connectivity index (χ2n) is 7.21. The number of carbonyl (C=O) groups excluding carboxylic acids is 1. The monoisotopic (exact) mass is 392 g/mol. The van der Waals surface area contributed by atoms with Crippen LogP contribution in [0.5, 0.6) is 0 Å². The number of piperidine rings is 1. The van der Waals surface area contributed by atoms with Gasteiger partial charge in [-0.05, 0) is 31.9 Å². The highest BCUT2D eigenvalue weighted by atomic mass is 16.2. The number of H-pyrrole nitrogens is 1. The number of para-hydroxylation sites is 1. The third kappa shape index (κ3) is 4.11. The Balaban J connectivity index is 1.43. The lowest BCUT2D eigenvalue weighted by atomic mass is 9.95. The molecule has 3 heterocycles. The van der Waals surface area contributed by atoms with E-state index in [0.717, 1.165) is 31.7 Å². The number of aromatic nitrogens is 4. The first kappa shape index (κ1) is 19.0. The highest BCUT2D eigenvalue weighted by molar-refractivity contribution is 5.79. The molecule has 0 unspecified atom stereocenters. The van der Waals surface area contributed by atoms with Crippen LogP contribution in [-0.2, 0) is 11.3 Å². The second-order valence-corrected chi connectivity index (χ2v) is 7.21. The quantitative estimate of drug-likeness (QED) is 0.713. The largest absolute Gasteiger partial charge is 0.355 e. The first-order valence-electron chi connectivity index (χ1n) is 9.93. The zero-order valence-corrected chi connectivity index (χ0v) is 16.4. The number of amides is 1. The number of hydrogen-bond acceptors (Lipinski definition) is 6. The van der Waals surface area contributed by atoms with E-state index >= 15 is 0 Å². The van der Waals surface area contributed by atoms with Crippen LogP contribution in [0.3, 0.4) is 0 Å². The smallest absolute Gasteiger partial charge is 0.258 e. The predicted octanol–water partition coefficient (Wildman–Crippen LogP) is 1.98. The van der Waals surface area contributed by atoms with Crippen LogP contribution in [0.1, 0.15) is 25.6 Å². The molecule has 0 radical (unpaired) electrons. The Hall–Kier alpha value is -3.29. The van der Waals surface area contributed by atoms with Crippen LogP contribution < -0.4 is 10.5 Å². The zero-order valence-electron chi connectivity index (χ0n) is 16.4. The third-order valence-corrected chi connectivity index (χ3v) is 5.41. The second kappa shape index (κ2) is 8.38. The summed E-state index contributed by atoms with van der Waals surface area (Å²) in [5.74, 6) is 1.45. The normalized spacial score (nSPS) is 14.9. The van der Waals surface area contributed by atoms with Gasteiger partial charge in [-0.3, -0.25) is 14.6 Å². The van der Waals surface area contributed by atoms with Gasteiger partial charge in [0, 0.05) is 37.9 Å². The van der Waals surface area contributed by atoms with Gasteiger partial charge in [0.05, 0.1) is 23.6 Å². The third-order valence-electron chi connectivity index (χ3n) is 5.41. The number of fused-ring (bicyclic) bond motifs is 1. The Labute approximate surface area is 168 Å². The lowest BCUT2D eigenvalue weighted by Crippen LogP contribution is -2.43. The summed E-state index contributed by atoms with van der Waals surface area (Å²) in [6.45, 7) is 4.38. The minimum Gasteiger partial charge on any atom is -0.355 e. The molecule has 1 aliphatic rings. The standard InChI is InChI=1S/C21H24N6O2/c1-2-26(14-18-24-17-6-4-3-5-16(17)20(28)25-18)21(29)15-7-11-27(12-8-15)19-13-22-9-10-23-19/h3-6,9-10,13,15H,2,7-8,11-12,14H2,1H3,(H,24,25,28). The number of hydrogen-bond donors (Lipinski definition) is 1. The minimum absolute atomic E-state index is 0.0324. The van der Waals surface area contributed by atoms with Crippen molar-refractivity contribution in [1.29, 1.82) is 0 Å². The summed E-state index contributed by atoms with van der Waals surface area (Å²) < 4.78 is 0. The molecule has 0 atom stereocenters. The molecule has 8 heteroatoms. The highest BCUT2D eigenvalue weighted by Gasteiger charge is 2.29. The Morgan fingerprint density at radius 3 is 2.76 bits per heavy atom. The summed E-state index contributed by atoms with van der Waals surface area (Å²) in [7, 11) is 0. The van der Waals surface area contributed by atoms with Crippen LogP contribution in [0.4, 0.5) is 5.82 Å². The van der Waals surface area contributed by atoms with E-state index in [2.05, 4.69) is 24.8 Å². The summed E-state index contributed by atoms with van der Waals surface area (Å²) in [5.41, 5.74) is 0.471. The molecule has 0 aliphatic carbocycles. The summed E-state index contributed by atoms with van der Waals surface area (Å²) in [5, 5.41) is 0.557. The molecular weight excluding hydrogens is 368 g/mol. The molecule has 8 nitrogen and oxygen atoms in total. The first-order valence-corrected chi connectivity index (χ1v) is 9.93. The fourth-order valence-corrected chi connectivity index (χ4v) is 3.80. The Bertz CT molecular complexity index is 1040. The Kier molecular flexibility index (Phi) is 5.50. The molecule has 3 aromatic rings. The van der Waals surface area contributed by atoms with E-state index in [1.54, 1.807) is 29.6 Å². The van der Waals surface area contributed by atoms with Crippen molar-refractivity contribution < 1.29 is 4.79 Å². The molecule has 1 amide bonds. The summed E-state index contributed by atoms with van der Waals surface area (Å²) in [6.07, 6.45) is 6.64. The number of carbonyl (C=O) groups is 1. The lowest BCUT2D eigenvalue weighted by molar-refractivity contribution is -0.136. The van der Waals surface area contributed by atoms with Crippen LogP contribution in [0, 0.1) is 5.92 Å². The maximum absolute atomic E-state index is 13.1. The molecule has 1 fully saturated rings. The van der Waals surface area contributed by atoms with Gasteiger partial charge in [-0.1, -0.05) is 12.1 Å². The van der Waals surface area contributed by atoms with E-state index in [-0.39, 0.29) is 17.4 Å². The van der Waals surface area contributed by atoms with Gasteiger partial charge in [0.2, 0.25) is 5.91 Å². The molecule has 0 bridgehead atoms. The molecule has 4 rings (SSSR count). The maximum Gasteiger partial charge on any atom is 0.258 e. The molecule has 1 saturated heterocycles. The first-order chi connectivity index (χ1) is 14.2. The molecular formula is C21H24N6O2. The fraction of sp³-hybridized carbons (Fsp3) is 0.381. The van der Waals surface area contributed by atoms with Crippen molar-refractivity contribution in [2.75, 3.05) is 24.5 Å². The SMILES string of the molecule is CCN(Cc1nc2ccccc2c(=O)[nH]1)C(=O)C1CCN(c2cnccn2)CC1. The lowest BCUT2D eigenvalue weighted by Gasteiger charge is -2.34. The van der Waals surface area contributed by atoms with Gasteiger partial charge < -0.3 is 14.8 Å². The number of nitrogens with one attached hydrogen (secondary N) is 1. The van der Waals surface area contributed by atoms with Crippen LogP contribution in [0.15, 0.2) is 47.7 Å². The van der Waals surface area contributed by atoms with E-state index in [9.17, 15) is 9.59 Å². The van der Waals surface area contributed by atoms with Gasteiger partial charge in [0.1, 0.15) is 11.6 Å². The molecule has 29 heavy (non-hydrogen) atoms. The van der Waals surface area contributed by atoms with Crippen LogP contribution in [0.2, 0.25) is 0 Å². The van der Waals surface area contributed by atoms with E-state index in [4.69, 9.17) is 0 Å². The van der Waals surface area contributed by atoms with E-state index in [1.165, 1.54) is 0 Å². The average Bonchev–Trinajstić information content (AvgIpc) is 2.78. The minimum atomic E-state index is -0.175. The van der Waals surface area contributed by atoms with Gasteiger partial charge in [0.15, 0.2) is 0 Å². The van der Waals surface area contributed by atoms with Gasteiger partial charge in [-0.15, -0.1) is 0 Å². The van der Waals surface area contributed by atoms with Crippen molar-refractivity contribution in [3.63, 3.8) is 0 Å². The van der Waals surface area contributed by atoms with Gasteiger partial charge in [-0.2, -0.15) is 0 Å². The van der Waals surface area contributed by atoms with E-state index in [1.807, 2.05) is 25.1 Å². The molecule has 1 aliphatic heterocycles. The van der Waals surface area contributed by atoms with Gasteiger partial charge in [-0.25, -0.2) is 9.97 Å². The molecule has 150 valence electrons. The summed E-state index contributed by atoms with van der Waals surface area (Å²) >= 11 is 0. The maximum atomic E-state index is 13.1. The van der Waals surface area contributed by atoms with Crippen molar-refractivity contribution in [3.8, 4) is 0 Å². The molecule has 1 N–H and O–H groups in total. The van der Waals surface area contributed by atoms with Crippen molar-refractivity contribution >= 4 is 22.6 Å². The van der Waals surface area contributed by atoms with Crippen LogP contribution >= 0.6 is 0 Å². The number of aromatic amines is 1. The van der Waals surface area contributed by atoms with Crippen LogP contribution in [0.25, 0.3) is 10.9 Å². The van der Waals surface area contributed by atoms with Crippen molar-refractivity contribution in [3.05, 3.63) is 59.0 Å². The summed E-state index contributed by atoms with van der Waals surface area (Å²) in [6, 6.07) is 7.23. The number of anilines is 1. The van der Waals surface area contributed by atoms with Gasteiger partial charge >= 0.3 is 0 Å². The molecule has 0 saturated carbocycles. The van der Waals surface area contributed by atoms with Gasteiger partial charge in [0.25, 0.3) is 5.56 Å². The van der Waals surface area contributed by atoms with E-state index in [0.29, 0.717) is 29.8 Å². The Morgan fingerprint density at radius 2 is 2.03 bits per heavy atom. The predicted molar refractivity (Wildman–Crippen MR) is 110 cm³/mol. The zero-order chi connectivity index (χ0) is 20.2.